The average Bonchev–Trinajstić information content (AvgIpc) is 2.03. The summed E-state index contributed by atoms with van der Waals surface area (Å²) >= 11 is 0. The number of halogens is 1. The maximum atomic E-state index is 10.8. The van der Waals surface area contributed by atoms with Crippen LogP contribution in [0.3, 0.4) is 0 Å². The fraction of sp³-hybridized carbons (Fsp3) is 0. The molecule has 0 spiro atoms. The molecular formula is C7H6ClNO2S. The smallest absolute Gasteiger partial charge is 0.255 e. The molecule has 1 aromatic rings. The first-order valence-corrected chi connectivity index (χ1v) is 5.38. The molecule has 0 bridgehead atoms. The molecule has 0 aliphatic carbocycles. The lowest BCUT2D eigenvalue weighted by Crippen LogP contribution is -1.94. The van der Waals surface area contributed by atoms with Gasteiger partial charge in [0.05, 0.1) is 5.69 Å². The van der Waals surface area contributed by atoms with Crippen LogP contribution in [0.1, 0.15) is 5.69 Å². The summed E-state index contributed by atoms with van der Waals surface area (Å²) in [5.41, 5.74) is 0.271. The van der Waals surface area contributed by atoms with E-state index in [0.29, 0.717) is 0 Å². The van der Waals surface area contributed by atoms with Gasteiger partial charge in [-0.15, -0.1) is 0 Å². The Morgan fingerprint density at radius 3 is 2.58 bits per heavy atom. The van der Waals surface area contributed by atoms with Crippen molar-refractivity contribution in [3.63, 3.8) is 0 Å². The topological polar surface area (TPSA) is 47.0 Å². The maximum Gasteiger partial charge on any atom is 0.262 e. The van der Waals surface area contributed by atoms with Gasteiger partial charge in [0.2, 0.25) is 0 Å². The van der Waals surface area contributed by atoms with Crippen molar-refractivity contribution >= 4 is 24.6 Å². The van der Waals surface area contributed by atoms with Gasteiger partial charge in [0.15, 0.2) is 0 Å². The van der Waals surface area contributed by atoms with E-state index in [9.17, 15) is 8.42 Å². The zero-order valence-electron chi connectivity index (χ0n) is 6.07. The molecule has 3 nitrogen and oxygen atoms in total. The van der Waals surface area contributed by atoms with Crippen molar-refractivity contribution in [3.8, 4) is 0 Å². The molecule has 0 N–H and O–H groups in total. The molecule has 0 aliphatic heterocycles. The van der Waals surface area contributed by atoms with E-state index in [1.165, 1.54) is 12.3 Å². The fourth-order valence-electron chi connectivity index (χ4n) is 0.653. The van der Waals surface area contributed by atoms with E-state index in [2.05, 4.69) is 11.6 Å². The Kier molecular flexibility index (Phi) is 2.49. The Bertz CT molecular complexity index is 385. The third kappa shape index (κ3) is 2.06. The first-order chi connectivity index (χ1) is 5.52. The largest absolute Gasteiger partial charge is 0.262 e. The highest BCUT2D eigenvalue weighted by Crippen LogP contribution is 2.19. The summed E-state index contributed by atoms with van der Waals surface area (Å²) in [6.07, 6.45) is 1.47. The average molecular weight is 204 g/mol. The van der Waals surface area contributed by atoms with Gasteiger partial charge >= 0.3 is 0 Å². The summed E-state index contributed by atoms with van der Waals surface area (Å²) in [4.78, 5) is 3.61. The monoisotopic (exact) mass is 203 g/mol. The lowest BCUT2D eigenvalue weighted by Gasteiger charge is -1.98. The SMILES string of the molecule is C=C(c1ccccn1)S(=O)(=O)Cl. The Morgan fingerprint density at radius 1 is 1.50 bits per heavy atom. The highest BCUT2D eigenvalue weighted by atomic mass is 35.7. The van der Waals surface area contributed by atoms with Gasteiger partial charge in [-0.3, -0.25) is 4.98 Å². The lowest BCUT2D eigenvalue weighted by atomic mass is 10.3. The zero-order valence-corrected chi connectivity index (χ0v) is 7.64. The van der Waals surface area contributed by atoms with Crippen LogP contribution >= 0.6 is 10.7 Å². The molecule has 12 heavy (non-hydrogen) atoms. The van der Waals surface area contributed by atoms with Crippen LogP contribution in [0.15, 0.2) is 31.0 Å². The lowest BCUT2D eigenvalue weighted by molar-refractivity contribution is 0.618. The zero-order chi connectivity index (χ0) is 9.19. The van der Waals surface area contributed by atoms with Gasteiger partial charge in [-0.1, -0.05) is 12.6 Å². The number of hydrogen-bond donors (Lipinski definition) is 0. The van der Waals surface area contributed by atoms with Gasteiger partial charge in [0.25, 0.3) is 9.05 Å². The van der Waals surface area contributed by atoms with Crippen LogP contribution in [0.4, 0.5) is 0 Å². The Hall–Kier alpha value is -0.870. The number of pyridine rings is 1. The summed E-state index contributed by atoms with van der Waals surface area (Å²) in [6, 6.07) is 4.87. The minimum Gasteiger partial charge on any atom is -0.255 e. The van der Waals surface area contributed by atoms with Gasteiger partial charge < -0.3 is 0 Å². The quantitative estimate of drug-likeness (QED) is 0.687. The molecule has 1 aromatic heterocycles. The van der Waals surface area contributed by atoms with E-state index in [1.54, 1.807) is 12.1 Å². The number of nitrogens with zero attached hydrogens (tertiary/aromatic N) is 1. The minimum absolute atomic E-state index is 0.176. The molecule has 0 aromatic carbocycles. The first kappa shape index (κ1) is 9.22. The second kappa shape index (κ2) is 3.25. The second-order valence-electron chi connectivity index (χ2n) is 2.08. The first-order valence-electron chi connectivity index (χ1n) is 3.07. The van der Waals surface area contributed by atoms with Gasteiger partial charge in [0.1, 0.15) is 4.91 Å². The van der Waals surface area contributed by atoms with Crippen molar-refractivity contribution in [2.24, 2.45) is 0 Å². The Morgan fingerprint density at radius 2 is 2.17 bits per heavy atom. The molecule has 1 rings (SSSR count). The number of aromatic nitrogens is 1. The summed E-state index contributed by atoms with van der Waals surface area (Å²) < 4.78 is 21.5. The van der Waals surface area contributed by atoms with Crippen molar-refractivity contribution in [3.05, 3.63) is 36.7 Å². The number of hydrogen-bond acceptors (Lipinski definition) is 3. The predicted octanol–water partition coefficient (Wildman–Crippen LogP) is 1.62. The molecular weight excluding hydrogens is 198 g/mol. The normalized spacial score (nSPS) is 11.1. The molecule has 0 amide bonds. The molecule has 0 atom stereocenters. The molecule has 1 heterocycles. The molecule has 0 unspecified atom stereocenters. The van der Waals surface area contributed by atoms with E-state index < -0.39 is 9.05 Å². The van der Waals surface area contributed by atoms with Crippen molar-refractivity contribution in [2.45, 2.75) is 0 Å². The summed E-state index contributed by atoms with van der Waals surface area (Å²) in [5.74, 6) is 0. The van der Waals surface area contributed by atoms with Crippen molar-refractivity contribution in [2.75, 3.05) is 0 Å². The van der Waals surface area contributed by atoms with E-state index >= 15 is 0 Å². The van der Waals surface area contributed by atoms with Crippen LogP contribution in [-0.4, -0.2) is 13.4 Å². The predicted molar refractivity (Wildman–Crippen MR) is 48.0 cm³/mol. The van der Waals surface area contributed by atoms with Crippen LogP contribution in [0.5, 0.6) is 0 Å². The second-order valence-corrected chi connectivity index (χ2v) is 4.66. The van der Waals surface area contributed by atoms with Gasteiger partial charge in [0, 0.05) is 16.9 Å². The minimum atomic E-state index is -3.74. The van der Waals surface area contributed by atoms with E-state index in [1.807, 2.05) is 0 Å². The maximum absolute atomic E-state index is 10.8. The van der Waals surface area contributed by atoms with Gasteiger partial charge in [-0.2, -0.15) is 0 Å². The molecule has 0 fully saturated rings. The fourth-order valence-corrected chi connectivity index (χ4v) is 1.26. The Balaban J connectivity index is 3.11. The highest BCUT2D eigenvalue weighted by molar-refractivity contribution is 8.21. The molecule has 0 aliphatic rings. The van der Waals surface area contributed by atoms with Gasteiger partial charge in [-0.25, -0.2) is 8.42 Å². The molecule has 64 valence electrons. The molecule has 5 heteroatoms. The summed E-state index contributed by atoms with van der Waals surface area (Å²) in [5, 5.41) is 0. The third-order valence-corrected chi connectivity index (χ3v) is 2.60. The highest BCUT2D eigenvalue weighted by Gasteiger charge is 2.13. The van der Waals surface area contributed by atoms with Gasteiger partial charge in [-0.05, 0) is 12.1 Å². The summed E-state index contributed by atoms with van der Waals surface area (Å²) in [7, 11) is 1.31. The van der Waals surface area contributed by atoms with Crippen molar-refractivity contribution in [1.82, 2.24) is 4.98 Å². The summed E-state index contributed by atoms with van der Waals surface area (Å²) in [6.45, 7) is 3.31. The van der Waals surface area contributed by atoms with Crippen LogP contribution in [0.2, 0.25) is 0 Å². The van der Waals surface area contributed by atoms with E-state index in [4.69, 9.17) is 10.7 Å². The molecule has 0 radical (unpaired) electrons. The van der Waals surface area contributed by atoms with Crippen LogP contribution < -0.4 is 0 Å². The van der Waals surface area contributed by atoms with Crippen LogP contribution in [0.25, 0.3) is 4.91 Å². The number of rotatable bonds is 2. The van der Waals surface area contributed by atoms with Crippen molar-refractivity contribution in [1.29, 1.82) is 0 Å². The van der Waals surface area contributed by atoms with Crippen molar-refractivity contribution < 1.29 is 8.42 Å². The van der Waals surface area contributed by atoms with E-state index in [0.717, 1.165) is 0 Å². The molecule has 0 saturated carbocycles. The van der Waals surface area contributed by atoms with Crippen LogP contribution in [0, 0.1) is 0 Å². The van der Waals surface area contributed by atoms with E-state index in [-0.39, 0.29) is 10.6 Å². The Labute approximate surface area is 75.1 Å². The third-order valence-electron chi connectivity index (χ3n) is 1.24. The standard InChI is InChI=1S/C7H6ClNO2S/c1-6(12(8,10)11)7-4-2-3-5-9-7/h2-5H,1H2. The molecule has 0 saturated heterocycles. The van der Waals surface area contributed by atoms with Crippen LogP contribution in [-0.2, 0) is 9.05 Å².